The van der Waals surface area contributed by atoms with Gasteiger partial charge < -0.3 is 30.9 Å². The van der Waals surface area contributed by atoms with Crippen LogP contribution in [0, 0.1) is 0 Å². The number of anilines is 1. The number of fused-ring (bicyclic) bond motifs is 1. The molecule has 3 aromatic rings. The number of ether oxygens (including phenoxy) is 1. The van der Waals surface area contributed by atoms with Crippen LogP contribution in [-0.4, -0.2) is 80.6 Å². The second kappa shape index (κ2) is 6.24. The summed E-state index contributed by atoms with van der Waals surface area (Å²) in [6, 6.07) is 0. The number of rotatable bonds is 4. The fourth-order valence-electron chi connectivity index (χ4n) is 2.87. The molecule has 4 rings (SSSR count). The average Bonchev–Trinajstić information content (AvgIpc) is 3.34. The number of aromatic carboxylic acids is 1. The van der Waals surface area contributed by atoms with Crippen LogP contribution in [-0.2, 0) is 4.74 Å². The van der Waals surface area contributed by atoms with Crippen LogP contribution >= 0.6 is 0 Å². The van der Waals surface area contributed by atoms with Crippen LogP contribution in [0.3, 0.4) is 0 Å². The lowest BCUT2D eigenvalue weighted by Crippen LogP contribution is -2.33. The topological polar surface area (TPSA) is 195 Å². The monoisotopic (exact) mass is 377 g/mol. The van der Waals surface area contributed by atoms with E-state index >= 15 is 0 Å². The first-order chi connectivity index (χ1) is 12.9. The lowest BCUT2D eigenvalue weighted by atomic mass is 10.1. The quantitative estimate of drug-likeness (QED) is 0.334. The minimum Gasteiger partial charge on any atom is -0.478 e. The molecule has 1 fully saturated rings. The van der Waals surface area contributed by atoms with Gasteiger partial charge in [0.1, 0.15) is 23.8 Å². The van der Waals surface area contributed by atoms with Gasteiger partial charge in [-0.25, -0.2) is 14.5 Å². The minimum absolute atomic E-state index is 0.00729. The first kappa shape index (κ1) is 17.3. The Morgan fingerprint density at radius 1 is 1.30 bits per heavy atom. The van der Waals surface area contributed by atoms with E-state index in [2.05, 4.69) is 20.1 Å². The van der Waals surface area contributed by atoms with Crippen LogP contribution in [0.1, 0.15) is 16.6 Å². The molecule has 0 radical (unpaired) electrons. The lowest BCUT2D eigenvalue weighted by molar-refractivity contribution is -0.0511. The number of nitrogen functional groups attached to an aromatic ring is 1. The van der Waals surface area contributed by atoms with Crippen molar-refractivity contribution in [2.45, 2.75) is 24.5 Å². The van der Waals surface area contributed by atoms with Crippen molar-refractivity contribution >= 4 is 23.0 Å². The number of hydrogen-bond donors (Lipinski definition) is 5. The van der Waals surface area contributed by atoms with E-state index < -0.39 is 37.1 Å². The summed E-state index contributed by atoms with van der Waals surface area (Å²) in [6.07, 6.45) is -0.985. The van der Waals surface area contributed by atoms with Gasteiger partial charge in [-0.3, -0.25) is 4.57 Å². The number of hydrogen-bond acceptors (Lipinski definition) is 10. The maximum atomic E-state index is 11.0. The first-order valence-corrected chi connectivity index (χ1v) is 7.81. The summed E-state index contributed by atoms with van der Waals surface area (Å²) < 4.78 is 7.96. The normalized spacial score (nSPS) is 25.3. The highest BCUT2D eigenvalue weighted by Crippen LogP contribution is 2.32. The van der Waals surface area contributed by atoms with Gasteiger partial charge in [-0.1, -0.05) is 0 Å². The van der Waals surface area contributed by atoms with E-state index in [1.54, 1.807) is 0 Å². The highest BCUT2D eigenvalue weighted by Gasteiger charge is 2.44. The molecule has 0 bridgehead atoms. The van der Waals surface area contributed by atoms with Crippen molar-refractivity contribution in [3.05, 3.63) is 24.3 Å². The number of carbonyl (C=O) groups is 1. The second-order valence-corrected chi connectivity index (χ2v) is 5.94. The average molecular weight is 377 g/mol. The van der Waals surface area contributed by atoms with Gasteiger partial charge in [-0.05, 0) is 0 Å². The Kier molecular flexibility index (Phi) is 4.00. The SMILES string of the molecule is Nc1nc(-n2cc(C(=O)O)cn2)nc2c1ncn2[C@@H]1O[C@H](CO)C(O)C1O. The molecule has 1 aliphatic heterocycles. The van der Waals surface area contributed by atoms with Crippen molar-refractivity contribution in [1.82, 2.24) is 29.3 Å². The van der Waals surface area contributed by atoms with Crippen molar-refractivity contribution < 1.29 is 30.0 Å². The van der Waals surface area contributed by atoms with E-state index in [4.69, 9.17) is 15.6 Å². The van der Waals surface area contributed by atoms with Gasteiger partial charge in [0.2, 0.25) is 0 Å². The number of aliphatic hydroxyl groups is 3. The van der Waals surface area contributed by atoms with Gasteiger partial charge in [-0.15, -0.1) is 0 Å². The van der Waals surface area contributed by atoms with Crippen LogP contribution in [0.2, 0.25) is 0 Å². The Morgan fingerprint density at radius 2 is 2.07 bits per heavy atom. The van der Waals surface area contributed by atoms with Gasteiger partial charge in [-0.2, -0.15) is 15.1 Å². The first-order valence-electron chi connectivity index (χ1n) is 7.81. The molecular formula is C14H15N7O6. The van der Waals surface area contributed by atoms with E-state index in [1.807, 2.05) is 0 Å². The molecule has 3 aromatic heterocycles. The van der Waals surface area contributed by atoms with Gasteiger partial charge in [0.15, 0.2) is 17.7 Å². The van der Waals surface area contributed by atoms with Crippen LogP contribution in [0.25, 0.3) is 17.1 Å². The summed E-state index contributed by atoms with van der Waals surface area (Å²) in [6.45, 7) is -0.477. The van der Waals surface area contributed by atoms with E-state index in [0.29, 0.717) is 0 Å². The van der Waals surface area contributed by atoms with E-state index in [1.165, 1.54) is 17.1 Å². The third-order valence-corrected chi connectivity index (χ3v) is 4.26. The predicted molar refractivity (Wildman–Crippen MR) is 86.8 cm³/mol. The summed E-state index contributed by atoms with van der Waals surface area (Å²) in [5.41, 5.74) is 6.25. The molecule has 0 aliphatic carbocycles. The number of aliphatic hydroxyl groups excluding tert-OH is 3. The zero-order valence-electron chi connectivity index (χ0n) is 13.6. The number of nitrogens with zero attached hydrogens (tertiary/aromatic N) is 6. The maximum absolute atomic E-state index is 11.0. The molecule has 2 unspecified atom stereocenters. The third-order valence-electron chi connectivity index (χ3n) is 4.26. The number of nitrogens with two attached hydrogens (primary N) is 1. The molecule has 0 saturated carbocycles. The summed E-state index contributed by atoms with van der Waals surface area (Å²) in [5, 5.41) is 42.3. The van der Waals surface area contributed by atoms with Crippen molar-refractivity contribution in [3.8, 4) is 5.95 Å². The zero-order chi connectivity index (χ0) is 19.3. The standard InChI is InChI=1S/C14H15N7O6/c15-10-7-11(19-14(18-10)21-2-5(1-17-21)13(25)26)20(4-16-7)12-9(24)8(23)6(3-22)27-12/h1-2,4,6,8-9,12,22-24H,3H2,(H,25,26)(H2,15,18,19)/t6-,8?,9?,12-/m1/s1. The zero-order valence-corrected chi connectivity index (χ0v) is 13.6. The fraction of sp³-hybridized carbons (Fsp3) is 0.357. The Hall–Kier alpha value is -3.13. The lowest BCUT2D eigenvalue weighted by Gasteiger charge is -2.16. The van der Waals surface area contributed by atoms with Crippen molar-refractivity contribution in [1.29, 1.82) is 0 Å². The Morgan fingerprint density at radius 3 is 2.70 bits per heavy atom. The highest BCUT2D eigenvalue weighted by atomic mass is 16.6. The molecular weight excluding hydrogens is 362 g/mol. The minimum atomic E-state index is -1.33. The van der Waals surface area contributed by atoms with Crippen molar-refractivity contribution in [2.75, 3.05) is 12.3 Å². The summed E-state index contributed by atoms with van der Waals surface area (Å²) in [7, 11) is 0. The van der Waals surface area contributed by atoms with Crippen LogP contribution in [0.15, 0.2) is 18.7 Å². The molecule has 4 atom stereocenters. The van der Waals surface area contributed by atoms with E-state index in [0.717, 1.165) is 10.9 Å². The summed E-state index contributed by atoms with van der Waals surface area (Å²) in [5.74, 6) is -1.17. The van der Waals surface area contributed by atoms with Gasteiger partial charge in [0, 0.05) is 6.20 Å². The van der Waals surface area contributed by atoms with Crippen LogP contribution in [0.5, 0.6) is 0 Å². The van der Waals surface area contributed by atoms with Crippen molar-refractivity contribution in [3.63, 3.8) is 0 Å². The van der Waals surface area contributed by atoms with Gasteiger partial charge in [0.25, 0.3) is 5.95 Å². The molecule has 6 N–H and O–H groups in total. The fourth-order valence-corrected chi connectivity index (χ4v) is 2.87. The Balaban J connectivity index is 1.80. The molecule has 4 heterocycles. The molecule has 13 nitrogen and oxygen atoms in total. The Labute approximate surface area is 150 Å². The third kappa shape index (κ3) is 2.69. The number of imidazole rings is 1. The highest BCUT2D eigenvalue weighted by molar-refractivity contribution is 5.87. The largest absolute Gasteiger partial charge is 0.478 e. The number of carboxylic acid groups (broad SMARTS) is 1. The number of aromatic nitrogens is 6. The summed E-state index contributed by atoms with van der Waals surface area (Å²) >= 11 is 0. The smallest absolute Gasteiger partial charge is 0.338 e. The van der Waals surface area contributed by atoms with Crippen molar-refractivity contribution in [2.24, 2.45) is 0 Å². The molecule has 0 spiro atoms. The van der Waals surface area contributed by atoms with E-state index in [-0.39, 0.29) is 28.5 Å². The van der Waals surface area contributed by atoms with Crippen LogP contribution < -0.4 is 5.73 Å². The molecule has 142 valence electrons. The van der Waals surface area contributed by atoms with Gasteiger partial charge in [0.05, 0.1) is 24.7 Å². The Bertz CT molecular complexity index is 1020. The molecule has 0 amide bonds. The predicted octanol–water partition coefficient (Wildman–Crippen LogP) is -2.10. The second-order valence-electron chi connectivity index (χ2n) is 5.94. The van der Waals surface area contributed by atoms with Gasteiger partial charge >= 0.3 is 5.97 Å². The molecule has 1 saturated heterocycles. The molecule has 1 aliphatic rings. The summed E-state index contributed by atoms with van der Waals surface area (Å²) in [4.78, 5) is 23.4. The molecule has 27 heavy (non-hydrogen) atoms. The van der Waals surface area contributed by atoms with E-state index in [9.17, 15) is 20.1 Å². The number of carboxylic acids is 1. The molecule has 0 aromatic carbocycles. The van der Waals surface area contributed by atoms with Crippen LogP contribution in [0.4, 0.5) is 5.82 Å². The molecule has 13 heteroatoms. The maximum Gasteiger partial charge on any atom is 0.338 e.